The van der Waals surface area contributed by atoms with E-state index in [0.29, 0.717) is 23.5 Å². The van der Waals surface area contributed by atoms with Gasteiger partial charge in [-0.15, -0.1) is 0 Å². The fourth-order valence-corrected chi connectivity index (χ4v) is 2.28. The number of carboxylic acids is 1. The lowest BCUT2D eigenvalue weighted by Crippen LogP contribution is -2.08. The third-order valence-corrected chi connectivity index (χ3v) is 3.43. The number of hydrogen-bond acceptors (Lipinski definition) is 3. The van der Waals surface area contributed by atoms with E-state index in [9.17, 15) is 9.18 Å². The second kappa shape index (κ2) is 6.95. The Hall–Kier alpha value is -3.15. The van der Waals surface area contributed by atoms with Gasteiger partial charge in [-0.25, -0.2) is 4.39 Å². The summed E-state index contributed by atoms with van der Waals surface area (Å²) in [6.45, 7) is 0.107. The molecule has 5 nitrogen and oxygen atoms in total. The van der Waals surface area contributed by atoms with Gasteiger partial charge in [-0.2, -0.15) is 5.10 Å². The predicted molar refractivity (Wildman–Crippen MR) is 86.0 cm³/mol. The minimum Gasteiger partial charge on any atom is -0.489 e. The summed E-state index contributed by atoms with van der Waals surface area (Å²) >= 11 is 0. The van der Waals surface area contributed by atoms with E-state index in [4.69, 9.17) is 9.84 Å². The fourth-order valence-electron chi connectivity index (χ4n) is 2.28. The lowest BCUT2D eigenvalue weighted by Gasteiger charge is -2.08. The van der Waals surface area contributed by atoms with E-state index in [1.165, 1.54) is 23.1 Å². The molecule has 2 aromatic carbocycles. The zero-order valence-corrected chi connectivity index (χ0v) is 12.7. The van der Waals surface area contributed by atoms with Gasteiger partial charge >= 0.3 is 5.97 Å². The summed E-state index contributed by atoms with van der Waals surface area (Å²) in [6.07, 6.45) is 2.93. The van der Waals surface area contributed by atoms with Crippen LogP contribution in [0.3, 0.4) is 0 Å². The minimum atomic E-state index is -1.01. The molecule has 1 N–H and O–H groups in total. The number of hydrogen-bond donors (Lipinski definition) is 1. The number of nitrogens with zero attached hydrogens (tertiary/aromatic N) is 2. The van der Waals surface area contributed by atoms with Crippen molar-refractivity contribution in [3.63, 3.8) is 0 Å². The van der Waals surface area contributed by atoms with Crippen LogP contribution in [0.15, 0.2) is 60.9 Å². The van der Waals surface area contributed by atoms with E-state index in [-0.39, 0.29) is 6.54 Å². The molecule has 3 aromatic rings. The molecule has 0 saturated carbocycles. The molecule has 0 bridgehead atoms. The minimum absolute atomic E-state index is 0.272. The summed E-state index contributed by atoms with van der Waals surface area (Å²) in [4.78, 5) is 10.7. The lowest BCUT2D eigenvalue weighted by atomic mass is 10.1. The molecule has 0 atom stereocenters. The smallest absolute Gasteiger partial charge is 0.325 e. The number of rotatable bonds is 6. The standard InChI is InChI=1S/C18H15FN2O3/c19-17-7-6-15(24-12-13-4-2-1-3-5-13)8-16(17)14-9-20-21(10-14)11-18(22)23/h1-10H,11-12H2,(H,22,23). The van der Waals surface area contributed by atoms with Gasteiger partial charge in [0.2, 0.25) is 0 Å². The second-order valence-corrected chi connectivity index (χ2v) is 5.24. The number of ether oxygens (including phenoxy) is 1. The largest absolute Gasteiger partial charge is 0.489 e. The summed E-state index contributed by atoms with van der Waals surface area (Å²) in [5, 5.41) is 12.7. The van der Waals surface area contributed by atoms with E-state index in [0.717, 1.165) is 5.56 Å². The highest BCUT2D eigenvalue weighted by Gasteiger charge is 2.11. The van der Waals surface area contributed by atoms with Crippen LogP contribution in [0.25, 0.3) is 11.1 Å². The first-order valence-corrected chi connectivity index (χ1v) is 7.33. The van der Waals surface area contributed by atoms with Gasteiger partial charge in [0.1, 0.15) is 24.7 Å². The van der Waals surface area contributed by atoms with Gasteiger partial charge in [-0.05, 0) is 23.8 Å². The first-order valence-electron chi connectivity index (χ1n) is 7.33. The van der Waals surface area contributed by atoms with Crippen LogP contribution in [0.5, 0.6) is 5.75 Å². The number of carbonyl (C=O) groups is 1. The molecule has 1 heterocycles. The summed E-state index contributed by atoms with van der Waals surface area (Å²) < 4.78 is 21.0. The van der Waals surface area contributed by atoms with Gasteiger partial charge in [-0.1, -0.05) is 30.3 Å². The van der Waals surface area contributed by atoms with E-state index < -0.39 is 11.8 Å². The van der Waals surface area contributed by atoms with Crippen molar-refractivity contribution in [1.82, 2.24) is 9.78 Å². The second-order valence-electron chi connectivity index (χ2n) is 5.24. The van der Waals surface area contributed by atoms with Crippen LogP contribution in [0.2, 0.25) is 0 Å². The Labute approximate surface area is 137 Å². The molecular formula is C18H15FN2O3. The van der Waals surface area contributed by atoms with Crippen LogP contribution in [0.4, 0.5) is 4.39 Å². The third kappa shape index (κ3) is 3.78. The number of aromatic nitrogens is 2. The number of halogens is 1. The Bertz CT molecular complexity index is 846. The maximum atomic E-state index is 14.1. The van der Waals surface area contributed by atoms with Gasteiger partial charge in [0.25, 0.3) is 0 Å². The normalized spacial score (nSPS) is 10.5. The van der Waals surface area contributed by atoms with Crippen molar-refractivity contribution in [3.05, 3.63) is 72.3 Å². The summed E-state index contributed by atoms with van der Waals surface area (Å²) in [5.74, 6) is -0.900. The third-order valence-electron chi connectivity index (χ3n) is 3.43. The summed E-state index contributed by atoms with van der Waals surface area (Å²) in [6, 6.07) is 14.1. The zero-order chi connectivity index (χ0) is 16.9. The molecule has 1 aromatic heterocycles. The molecule has 0 aliphatic heterocycles. The maximum Gasteiger partial charge on any atom is 0.325 e. The Morgan fingerprint density at radius 1 is 1.21 bits per heavy atom. The highest BCUT2D eigenvalue weighted by molar-refractivity contribution is 5.68. The average Bonchev–Trinajstić information content (AvgIpc) is 3.02. The lowest BCUT2D eigenvalue weighted by molar-refractivity contribution is -0.137. The van der Waals surface area contributed by atoms with Crippen LogP contribution >= 0.6 is 0 Å². The molecule has 0 aliphatic rings. The van der Waals surface area contributed by atoms with Crippen LogP contribution in [-0.2, 0) is 17.9 Å². The molecule has 0 fully saturated rings. The molecule has 0 amide bonds. The molecule has 0 aliphatic carbocycles. The van der Waals surface area contributed by atoms with Gasteiger partial charge in [0.05, 0.1) is 6.20 Å². The first kappa shape index (κ1) is 15.7. The molecule has 122 valence electrons. The summed E-state index contributed by atoms with van der Waals surface area (Å²) in [7, 11) is 0. The van der Waals surface area contributed by atoms with Crippen molar-refractivity contribution in [2.75, 3.05) is 0 Å². The van der Waals surface area contributed by atoms with E-state index in [1.54, 1.807) is 12.1 Å². The Morgan fingerprint density at radius 3 is 2.75 bits per heavy atom. The van der Waals surface area contributed by atoms with E-state index >= 15 is 0 Å². The quantitative estimate of drug-likeness (QED) is 0.754. The van der Waals surface area contributed by atoms with E-state index in [1.807, 2.05) is 30.3 Å². The Morgan fingerprint density at radius 2 is 2.00 bits per heavy atom. The molecule has 0 radical (unpaired) electrons. The maximum absolute atomic E-state index is 14.1. The van der Waals surface area contributed by atoms with Crippen molar-refractivity contribution < 1.29 is 19.0 Å². The van der Waals surface area contributed by atoms with Crippen LogP contribution in [-0.4, -0.2) is 20.9 Å². The first-order chi connectivity index (χ1) is 11.6. The monoisotopic (exact) mass is 326 g/mol. The average molecular weight is 326 g/mol. The van der Waals surface area contributed by atoms with Crippen molar-refractivity contribution in [1.29, 1.82) is 0 Å². The van der Waals surface area contributed by atoms with Gasteiger partial charge in [-0.3, -0.25) is 9.48 Å². The predicted octanol–water partition coefficient (Wildman–Crippen LogP) is 3.35. The molecule has 24 heavy (non-hydrogen) atoms. The summed E-state index contributed by atoms with van der Waals surface area (Å²) in [5.41, 5.74) is 1.83. The van der Waals surface area contributed by atoms with Crippen molar-refractivity contribution >= 4 is 5.97 Å². The fraction of sp³-hybridized carbons (Fsp3) is 0.111. The highest BCUT2D eigenvalue weighted by Crippen LogP contribution is 2.27. The van der Waals surface area contributed by atoms with Gasteiger partial charge in [0.15, 0.2) is 0 Å². The SMILES string of the molecule is O=C(O)Cn1cc(-c2cc(OCc3ccccc3)ccc2F)cn1. The molecular weight excluding hydrogens is 311 g/mol. The number of aliphatic carboxylic acids is 1. The highest BCUT2D eigenvalue weighted by atomic mass is 19.1. The molecule has 0 spiro atoms. The van der Waals surface area contributed by atoms with Crippen LogP contribution < -0.4 is 4.74 Å². The van der Waals surface area contributed by atoms with Crippen LogP contribution in [0, 0.1) is 5.82 Å². The Kier molecular flexibility index (Phi) is 4.56. The zero-order valence-electron chi connectivity index (χ0n) is 12.7. The van der Waals surface area contributed by atoms with E-state index in [2.05, 4.69) is 5.10 Å². The van der Waals surface area contributed by atoms with Crippen molar-refractivity contribution in [3.8, 4) is 16.9 Å². The van der Waals surface area contributed by atoms with Gasteiger partial charge in [0, 0.05) is 17.3 Å². The molecule has 3 rings (SSSR count). The molecule has 6 heteroatoms. The van der Waals surface area contributed by atoms with Crippen molar-refractivity contribution in [2.24, 2.45) is 0 Å². The molecule has 0 saturated heterocycles. The van der Waals surface area contributed by atoms with Crippen molar-refractivity contribution in [2.45, 2.75) is 13.2 Å². The van der Waals surface area contributed by atoms with Crippen LogP contribution in [0.1, 0.15) is 5.56 Å². The number of benzene rings is 2. The van der Waals surface area contributed by atoms with Gasteiger partial charge < -0.3 is 9.84 Å². The molecule has 0 unspecified atom stereocenters. The topological polar surface area (TPSA) is 64.3 Å². The Balaban J connectivity index is 1.78. The number of carboxylic acid groups (broad SMARTS) is 1.